The van der Waals surface area contributed by atoms with Crippen LogP contribution in [0.1, 0.15) is 5.56 Å². The highest BCUT2D eigenvalue weighted by atomic mass is 35.5. The second-order valence-corrected chi connectivity index (χ2v) is 6.18. The van der Waals surface area contributed by atoms with Gasteiger partial charge in [0.2, 0.25) is 5.91 Å². The number of carbonyl (C=O) groups excluding carboxylic acids is 1. The number of nitrogens with zero attached hydrogens (tertiary/aromatic N) is 2. The van der Waals surface area contributed by atoms with E-state index in [9.17, 15) is 4.79 Å². The number of hydrogen-bond donors (Lipinski definition) is 1. The van der Waals surface area contributed by atoms with Gasteiger partial charge in [0.15, 0.2) is 0 Å². The SMILES string of the molecule is O=C(COCc1ccccc1Cl)Nc1ccccc1OCCn1ccnc1. The predicted octanol–water partition coefficient (Wildman–Crippen LogP) is 3.77. The molecule has 0 unspecified atom stereocenters. The van der Waals surface area contributed by atoms with Gasteiger partial charge in [-0.3, -0.25) is 4.79 Å². The molecule has 0 atom stereocenters. The third-order valence-electron chi connectivity index (χ3n) is 3.78. The van der Waals surface area contributed by atoms with Gasteiger partial charge in [-0.15, -0.1) is 0 Å². The summed E-state index contributed by atoms with van der Waals surface area (Å²) in [7, 11) is 0. The van der Waals surface area contributed by atoms with Crippen LogP contribution < -0.4 is 10.1 Å². The highest BCUT2D eigenvalue weighted by molar-refractivity contribution is 6.31. The van der Waals surface area contributed by atoms with E-state index in [0.717, 1.165) is 5.56 Å². The summed E-state index contributed by atoms with van der Waals surface area (Å²) in [5.41, 5.74) is 1.45. The molecule has 0 saturated carbocycles. The number of imidazole rings is 1. The first kappa shape index (κ1) is 18.9. The summed E-state index contributed by atoms with van der Waals surface area (Å²) in [6, 6.07) is 14.7. The minimum absolute atomic E-state index is 0.0748. The standard InChI is InChI=1S/C20H20ClN3O3/c21-17-6-2-1-5-16(17)13-26-14-20(25)23-18-7-3-4-8-19(18)27-12-11-24-10-9-22-15-24/h1-10,15H,11-14H2,(H,23,25). The summed E-state index contributed by atoms with van der Waals surface area (Å²) in [6.45, 7) is 1.33. The Morgan fingerprint density at radius 1 is 1.15 bits per heavy atom. The van der Waals surface area contributed by atoms with Crippen LogP contribution in [0, 0.1) is 0 Å². The molecule has 0 aliphatic heterocycles. The van der Waals surface area contributed by atoms with Crippen LogP contribution in [-0.2, 0) is 22.7 Å². The lowest BCUT2D eigenvalue weighted by atomic mass is 10.2. The summed E-state index contributed by atoms with van der Waals surface area (Å²) in [6.07, 6.45) is 5.32. The largest absolute Gasteiger partial charge is 0.490 e. The van der Waals surface area contributed by atoms with E-state index < -0.39 is 0 Å². The van der Waals surface area contributed by atoms with Crippen LogP contribution in [0.25, 0.3) is 0 Å². The van der Waals surface area contributed by atoms with Crippen LogP contribution >= 0.6 is 11.6 Å². The van der Waals surface area contributed by atoms with Crippen LogP contribution in [-0.4, -0.2) is 28.7 Å². The third kappa shape index (κ3) is 5.84. The Morgan fingerprint density at radius 3 is 2.78 bits per heavy atom. The number of aromatic nitrogens is 2. The molecule has 3 aromatic rings. The number of rotatable bonds is 9. The summed E-state index contributed by atoms with van der Waals surface area (Å²) in [5.74, 6) is 0.352. The molecule has 0 saturated heterocycles. The van der Waals surface area contributed by atoms with Crippen molar-refractivity contribution in [1.29, 1.82) is 0 Å². The summed E-state index contributed by atoms with van der Waals surface area (Å²) >= 11 is 6.07. The van der Waals surface area contributed by atoms with Crippen molar-refractivity contribution in [2.45, 2.75) is 13.2 Å². The lowest BCUT2D eigenvalue weighted by Crippen LogP contribution is -2.19. The molecule has 3 rings (SSSR count). The molecule has 0 spiro atoms. The van der Waals surface area contributed by atoms with E-state index >= 15 is 0 Å². The van der Waals surface area contributed by atoms with Crippen LogP contribution in [0.3, 0.4) is 0 Å². The number of benzene rings is 2. The maximum atomic E-state index is 12.2. The molecule has 7 heteroatoms. The maximum Gasteiger partial charge on any atom is 0.250 e. The Labute approximate surface area is 162 Å². The Balaban J connectivity index is 1.47. The topological polar surface area (TPSA) is 65.4 Å². The molecule has 1 amide bonds. The van der Waals surface area contributed by atoms with E-state index in [1.54, 1.807) is 24.7 Å². The average Bonchev–Trinajstić information content (AvgIpc) is 3.18. The number of para-hydroxylation sites is 2. The van der Waals surface area contributed by atoms with Crippen molar-refractivity contribution >= 4 is 23.2 Å². The van der Waals surface area contributed by atoms with Crippen molar-refractivity contribution in [2.75, 3.05) is 18.5 Å². The minimum atomic E-state index is -0.257. The average molecular weight is 386 g/mol. The normalized spacial score (nSPS) is 10.6. The molecule has 0 bridgehead atoms. The predicted molar refractivity (Wildman–Crippen MR) is 104 cm³/mol. The van der Waals surface area contributed by atoms with Crippen molar-refractivity contribution < 1.29 is 14.3 Å². The lowest BCUT2D eigenvalue weighted by molar-refractivity contribution is -0.121. The molecule has 1 aromatic heterocycles. The Kier molecular flexibility index (Phi) is 6.84. The van der Waals surface area contributed by atoms with Gasteiger partial charge in [0.1, 0.15) is 19.0 Å². The number of ether oxygens (including phenoxy) is 2. The van der Waals surface area contributed by atoms with Gasteiger partial charge < -0.3 is 19.4 Å². The summed E-state index contributed by atoms with van der Waals surface area (Å²) in [5, 5.41) is 3.43. The van der Waals surface area contributed by atoms with Gasteiger partial charge in [-0.1, -0.05) is 41.9 Å². The highest BCUT2D eigenvalue weighted by Gasteiger charge is 2.08. The first-order valence-corrected chi connectivity index (χ1v) is 8.89. The number of halogens is 1. The molecule has 0 aliphatic rings. The quantitative estimate of drug-likeness (QED) is 0.609. The van der Waals surface area contributed by atoms with Gasteiger partial charge in [-0.05, 0) is 23.8 Å². The van der Waals surface area contributed by atoms with Gasteiger partial charge in [0.25, 0.3) is 0 Å². The van der Waals surface area contributed by atoms with Gasteiger partial charge in [-0.25, -0.2) is 4.98 Å². The molecule has 6 nitrogen and oxygen atoms in total. The summed E-state index contributed by atoms with van der Waals surface area (Å²) in [4.78, 5) is 16.2. The van der Waals surface area contributed by atoms with Crippen molar-refractivity contribution in [2.24, 2.45) is 0 Å². The number of anilines is 1. The maximum absolute atomic E-state index is 12.2. The fourth-order valence-electron chi connectivity index (χ4n) is 2.43. The van der Waals surface area contributed by atoms with Crippen molar-refractivity contribution in [3.63, 3.8) is 0 Å². The van der Waals surface area contributed by atoms with Crippen LogP contribution in [0.4, 0.5) is 5.69 Å². The van der Waals surface area contributed by atoms with Crippen LogP contribution in [0.5, 0.6) is 5.75 Å². The molecule has 0 aliphatic carbocycles. The van der Waals surface area contributed by atoms with Crippen molar-refractivity contribution in [1.82, 2.24) is 9.55 Å². The summed E-state index contributed by atoms with van der Waals surface area (Å²) < 4.78 is 13.2. The van der Waals surface area contributed by atoms with E-state index in [2.05, 4.69) is 10.3 Å². The van der Waals surface area contributed by atoms with E-state index in [1.807, 2.05) is 47.2 Å². The highest BCUT2D eigenvalue weighted by Crippen LogP contribution is 2.23. The first-order chi connectivity index (χ1) is 13.2. The van der Waals surface area contributed by atoms with Gasteiger partial charge >= 0.3 is 0 Å². The molecule has 1 N–H and O–H groups in total. The van der Waals surface area contributed by atoms with E-state index in [-0.39, 0.29) is 19.1 Å². The van der Waals surface area contributed by atoms with Gasteiger partial charge in [0.05, 0.1) is 25.2 Å². The molecular weight excluding hydrogens is 366 g/mol. The fraction of sp³-hybridized carbons (Fsp3) is 0.200. The Hall–Kier alpha value is -2.83. The zero-order valence-corrected chi connectivity index (χ0v) is 15.4. The zero-order chi connectivity index (χ0) is 18.9. The third-order valence-corrected chi connectivity index (χ3v) is 4.14. The van der Waals surface area contributed by atoms with Gasteiger partial charge in [-0.2, -0.15) is 0 Å². The molecule has 1 heterocycles. The van der Waals surface area contributed by atoms with E-state index in [0.29, 0.717) is 29.6 Å². The second-order valence-electron chi connectivity index (χ2n) is 5.78. The molecule has 0 radical (unpaired) electrons. The molecular formula is C20H20ClN3O3. The lowest BCUT2D eigenvalue weighted by Gasteiger charge is -2.13. The Bertz CT molecular complexity index is 868. The number of hydrogen-bond acceptors (Lipinski definition) is 4. The van der Waals surface area contributed by atoms with Crippen LogP contribution in [0.2, 0.25) is 5.02 Å². The molecule has 0 fully saturated rings. The van der Waals surface area contributed by atoms with Crippen molar-refractivity contribution in [3.05, 3.63) is 77.8 Å². The zero-order valence-electron chi connectivity index (χ0n) is 14.7. The number of nitrogens with one attached hydrogen (secondary N) is 1. The van der Waals surface area contributed by atoms with Crippen LogP contribution in [0.15, 0.2) is 67.3 Å². The number of amides is 1. The molecule has 27 heavy (non-hydrogen) atoms. The second kappa shape index (κ2) is 9.75. The Morgan fingerprint density at radius 2 is 1.96 bits per heavy atom. The van der Waals surface area contributed by atoms with Gasteiger partial charge in [0, 0.05) is 17.4 Å². The minimum Gasteiger partial charge on any atom is -0.490 e. The molecule has 2 aromatic carbocycles. The first-order valence-electron chi connectivity index (χ1n) is 8.51. The number of carbonyl (C=O) groups is 1. The monoisotopic (exact) mass is 385 g/mol. The van der Waals surface area contributed by atoms with Crippen molar-refractivity contribution in [3.8, 4) is 5.75 Å². The van der Waals surface area contributed by atoms with E-state index in [1.165, 1.54) is 0 Å². The molecule has 140 valence electrons. The fourth-order valence-corrected chi connectivity index (χ4v) is 2.62. The van der Waals surface area contributed by atoms with E-state index in [4.69, 9.17) is 21.1 Å². The smallest absolute Gasteiger partial charge is 0.250 e.